The summed E-state index contributed by atoms with van der Waals surface area (Å²) in [7, 11) is 3.65. The monoisotopic (exact) mass is 380 g/mol. The summed E-state index contributed by atoms with van der Waals surface area (Å²) in [4.78, 5) is 26.7. The summed E-state index contributed by atoms with van der Waals surface area (Å²) in [5.41, 5.74) is 2.20. The number of hydrogen-bond acceptors (Lipinski definition) is 5. The molecule has 140 valence electrons. The van der Waals surface area contributed by atoms with E-state index in [4.69, 9.17) is 0 Å². The third-order valence-corrected chi connectivity index (χ3v) is 6.28. The first kappa shape index (κ1) is 17.9. The number of amides is 1. The second kappa shape index (κ2) is 6.93. The lowest BCUT2D eigenvalue weighted by atomic mass is 9.95. The highest BCUT2D eigenvalue weighted by atomic mass is 32.1. The van der Waals surface area contributed by atoms with Gasteiger partial charge in [0.05, 0.1) is 4.88 Å². The molecule has 3 aromatic rings. The van der Waals surface area contributed by atoms with Crippen molar-refractivity contribution < 1.29 is 4.79 Å². The predicted molar refractivity (Wildman–Crippen MR) is 111 cm³/mol. The highest BCUT2D eigenvalue weighted by Crippen LogP contribution is 2.41. The Morgan fingerprint density at radius 2 is 2.00 bits per heavy atom. The Balaban J connectivity index is 1.72. The van der Waals surface area contributed by atoms with Crippen molar-refractivity contribution in [3.05, 3.63) is 52.3 Å². The quantitative estimate of drug-likeness (QED) is 0.689. The van der Waals surface area contributed by atoms with Gasteiger partial charge in [0.25, 0.3) is 5.91 Å². The van der Waals surface area contributed by atoms with Crippen LogP contribution in [0.4, 0.5) is 5.82 Å². The van der Waals surface area contributed by atoms with Gasteiger partial charge < -0.3 is 9.80 Å². The number of carbonyl (C=O) groups excluding carboxylic acids is 1. The Labute approximate surface area is 163 Å². The molecule has 27 heavy (non-hydrogen) atoms. The van der Waals surface area contributed by atoms with Crippen LogP contribution in [0.3, 0.4) is 0 Å². The van der Waals surface area contributed by atoms with E-state index in [0.717, 1.165) is 41.7 Å². The average molecular weight is 381 g/mol. The largest absolute Gasteiger partial charge is 0.356 e. The lowest BCUT2D eigenvalue weighted by Gasteiger charge is -2.19. The fraction of sp³-hybridized carbons (Fsp3) is 0.381. The zero-order chi connectivity index (χ0) is 19.1. The third-order valence-electron chi connectivity index (χ3n) is 5.11. The average Bonchev–Trinajstić information content (AvgIpc) is 3.24. The van der Waals surface area contributed by atoms with Crippen LogP contribution in [0, 0.1) is 13.8 Å². The van der Waals surface area contributed by atoms with Crippen LogP contribution < -0.4 is 4.90 Å². The molecular formula is C21H24N4OS. The molecule has 0 saturated carbocycles. The van der Waals surface area contributed by atoms with Gasteiger partial charge in [0.1, 0.15) is 11.6 Å². The summed E-state index contributed by atoms with van der Waals surface area (Å²) in [6, 6.07) is 10.4. The zero-order valence-corrected chi connectivity index (χ0v) is 17.0. The van der Waals surface area contributed by atoms with E-state index in [-0.39, 0.29) is 5.91 Å². The maximum Gasteiger partial charge on any atom is 0.263 e. The van der Waals surface area contributed by atoms with E-state index in [0.29, 0.717) is 5.92 Å². The van der Waals surface area contributed by atoms with Gasteiger partial charge in [0.15, 0.2) is 0 Å². The van der Waals surface area contributed by atoms with E-state index < -0.39 is 0 Å². The molecule has 1 atom stereocenters. The first-order chi connectivity index (χ1) is 12.9. The molecule has 0 N–H and O–H groups in total. The molecule has 1 aliphatic heterocycles. The smallest absolute Gasteiger partial charge is 0.263 e. The predicted octanol–water partition coefficient (Wildman–Crippen LogP) is 4.00. The fourth-order valence-corrected chi connectivity index (χ4v) is 5.21. The lowest BCUT2D eigenvalue weighted by molar-refractivity contribution is 0.0831. The van der Waals surface area contributed by atoms with Gasteiger partial charge in [-0.05, 0) is 37.3 Å². The molecule has 1 aromatic carbocycles. The van der Waals surface area contributed by atoms with Crippen molar-refractivity contribution in [1.29, 1.82) is 0 Å². The SMILES string of the molecule is Cc1cc(N2CC[C@@H](c3c(C(=O)N(C)C)sc4ccccc34)C2)nc(C)n1. The number of fused-ring (bicyclic) bond motifs is 1. The van der Waals surface area contributed by atoms with E-state index in [1.54, 1.807) is 16.2 Å². The van der Waals surface area contributed by atoms with Gasteiger partial charge in [-0.25, -0.2) is 9.97 Å². The number of hydrogen-bond donors (Lipinski definition) is 0. The molecular weight excluding hydrogens is 356 g/mol. The number of aryl methyl sites for hydroxylation is 2. The van der Waals surface area contributed by atoms with E-state index in [1.807, 2.05) is 40.1 Å². The standard InChI is InChI=1S/C21H24N4OS/c1-13-11-18(23-14(2)22-13)25-10-9-15(12-25)19-16-7-5-6-8-17(16)27-20(19)21(26)24(3)4/h5-8,11,15H,9-10,12H2,1-4H3/t15-/m1/s1. The van der Waals surface area contributed by atoms with Crippen molar-refractivity contribution in [3.63, 3.8) is 0 Å². The zero-order valence-electron chi connectivity index (χ0n) is 16.2. The van der Waals surface area contributed by atoms with Crippen LogP contribution in [0.2, 0.25) is 0 Å². The van der Waals surface area contributed by atoms with Gasteiger partial charge in [-0.2, -0.15) is 0 Å². The number of carbonyl (C=O) groups is 1. The van der Waals surface area contributed by atoms with Crippen molar-refractivity contribution >= 4 is 33.1 Å². The number of anilines is 1. The molecule has 5 nitrogen and oxygen atoms in total. The van der Waals surface area contributed by atoms with Crippen LogP contribution in [0.25, 0.3) is 10.1 Å². The Morgan fingerprint density at radius 3 is 2.74 bits per heavy atom. The van der Waals surface area contributed by atoms with Crippen LogP contribution in [0.15, 0.2) is 30.3 Å². The second-order valence-electron chi connectivity index (χ2n) is 7.39. The number of rotatable bonds is 3. The minimum Gasteiger partial charge on any atom is -0.356 e. The van der Waals surface area contributed by atoms with Crippen molar-refractivity contribution in [2.24, 2.45) is 0 Å². The maximum atomic E-state index is 12.8. The summed E-state index contributed by atoms with van der Waals surface area (Å²) in [5, 5.41) is 1.22. The van der Waals surface area contributed by atoms with Gasteiger partial charge in [-0.1, -0.05) is 18.2 Å². The maximum absolute atomic E-state index is 12.8. The first-order valence-electron chi connectivity index (χ1n) is 9.24. The molecule has 0 unspecified atom stereocenters. The van der Waals surface area contributed by atoms with Gasteiger partial charge in [-0.15, -0.1) is 11.3 Å². The molecule has 4 rings (SSSR count). The Morgan fingerprint density at radius 1 is 1.22 bits per heavy atom. The van der Waals surface area contributed by atoms with Gasteiger partial charge in [0, 0.05) is 49.6 Å². The molecule has 6 heteroatoms. The lowest BCUT2D eigenvalue weighted by Crippen LogP contribution is -2.23. The van der Waals surface area contributed by atoms with E-state index >= 15 is 0 Å². The van der Waals surface area contributed by atoms with E-state index in [2.05, 4.69) is 33.1 Å². The number of nitrogens with zero attached hydrogens (tertiary/aromatic N) is 4. The molecule has 1 saturated heterocycles. The number of benzene rings is 1. The van der Waals surface area contributed by atoms with Crippen LogP contribution >= 0.6 is 11.3 Å². The third kappa shape index (κ3) is 3.30. The highest BCUT2D eigenvalue weighted by Gasteiger charge is 2.31. The summed E-state index contributed by atoms with van der Waals surface area (Å²) in [5.74, 6) is 2.22. The normalized spacial score (nSPS) is 16.9. The van der Waals surface area contributed by atoms with Gasteiger partial charge in [-0.3, -0.25) is 4.79 Å². The molecule has 3 heterocycles. The minimum atomic E-state index is 0.0957. The van der Waals surface area contributed by atoms with Crippen molar-refractivity contribution in [3.8, 4) is 0 Å². The molecule has 0 bridgehead atoms. The first-order valence-corrected chi connectivity index (χ1v) is 10.1. The minimum absolute atomic E-state index is 0.0957. The fourth-order valence-electron chi connectivity index (χ4n) is 3.90. The molecule has 2 aromatic heterocycles. The molecule has 1 fully saturated rings. The Hall–Kier alpha value is -2.47. The van der Waals surface area contributed by atoms with E-state index in [9.17, 15) is 4.79 Å². The van der Waals surface area contributed by atoms with Gasteiger partial charge >= 0.3 is 0 Å². The van der Waals surface area contributed by atoms with Crippen molar-refractivity contribution in [2.75, 3.05) is 32.1 Å². The molecule has 0 radical (unpaired) electrons. The highest BCUT2D eigenvalue weighted by molar-refractivity contribution is 7.21. The molecule has 0 aliphatic carbocycles. The molecule has 1 aliphatic rings. The number of aromatic nitrogens is 2. The summed E-state index contributed by atoms with van der Waals surface area (Å²) in [6.07, 6.45) is 1.02. The van der Waals surface area contributed by atoms with Crippen LogP contribution in [0.5, 0.6) is 0 Å². The van der Waals surface area contributed by atoms with Crippen LogP contribution in [0.1, 0.15) is 39.1 Å². The molecule has 0 spiro atoms. The van der Waals surface area contributed by atoms with Crippen molar-refractivity contribution in [2.45, 2.75) is 26.2 Å². The summed E-state index contributed by atoms with van der Waals surface area (Å²) < 4.78 is 1.19. The van der Waals surface area contributed by atoms with Crippen LogP contribution in [-0.2, 0) is 0 Å². The molecule has 1 amide bonds. The Kier molecular flexibility index (Phi) is 4.60. The topological polar surface area (TPSA) is 49.3 Å². The second-order valence-corrected chi connectivity index (χ2v) is 8.44. The van der Waals surface area contributed by atoms with Crippen molar-refractivity contribution in [1.82, 2.24) is 14.9 Å². The Bertz CT molecular complexity index is 990. The van der Waals surface area contributed by atoms with E-state index in [1.165, 1.54) is 15.6 Å². The van der Waals surface area contributed by atoms with Crippen LogP contribution in [-0.4, -0.2) is 48.0 Å². The summed E-state index contributed by atoms with van der Waals surface area (Å²) in [6.45, 7) is 5.76. The number of thiophene rings is 1. The summed E-state index contributed by atoms with van der Waals surface area (Å²) >= 11 is 1.61. The van der Waals surface area contributed by atoms with Gasteiger partial charge in [0.2, 0.25) is 0 Å².